The second kappa shape index (κ2) is 7.25. The first-order chi connectivity index (χ1) is 8.00. The van der Waals surface area contributed by atoms with Crippen molar-refractivity contribution in [3.05, 3.63) is 33.8 Å². The number of nitrogens with one attached hydrogen (secondary N) is 1. The number of rotatable bonds is 6. The molecular formula is C14H21Cl2N. The Kier molecular flexibility index (Phi) is 6.32. The highest BCUT2D eigenvalue weighted by atomic mass is 35.5. The lowest BCUT2D eigenvalue weighted by molar-refractivity contribution is 0.454. The number of benzene rings is 1. The van der Waals surface area contributed by atoms with Gasteiger partial charge in [0.2, 0.25) is 0 Å². The summed E-state index contributed by atoms with van der Waals surface area (Å²) in [5.41, 5.74) is 1.15. The van der Waals surface area contributed by atoms with E-state index >= 15 is 0 Å². The summed E-state index contributed by atoms with van der Waals surface area (Å²) in [6, 6.07) is 6.39. The van der Waals surface area contributed by atoms with E-state index in [-0.39, 0.29) is 0 Å². The fourth-order valence-corrected chi connectivity index (χ4v) is 2.10. The summed E-state index contributed by atoms with van der Waals surface area (Å²) >= 11 is 12.1. The number of hydrogen-bond donors (Lipinski definition) is 1. The summed E-state index contributed by atoms with van der Waals surface area (Å²) < 4.78 is 0. The maximum Gasteiger partial charge on any atom is 0.0624 e. The molecule has 0 aliphatic rings. The molecule has 1 unspecified atom stereocenters. The van der Waals surface area contributed by atoms with E-state index in [1.807, 2.05) is 12.1 Å². The van der Waals surface area contributed by atoms with Crippen LogP contribution in [0.5, 0.6) is 0 Å². The van der Waals surface area contributed by atoms with E-state index < -0.39 is 0 Å². The van der Waals surface area contributed by atoms with Gasteiger partial charge in [-0.25, -0.2) is 0 Å². The van der Waals surface area contributed by atoms with Gasteiger partial charge in [-0.3, -0.25) is 0 Å². The second-order valence-corrected chi connectivity index (χ2v) is 5.70. The van der Waals surface area contributed by atoms with Gasteiger partial charge in [0.25, 0.3) is 0 Å². The number of aryl methyl sites for hydroxylation is 1. The van der Waals surface area contributed by atoms with Crippen molar-refractivity contribution in [2.45, 2.75) is 39.7 Å². The third kappa shape index (κ3) is 5.29. The first-order valence-electron chi connectivity index (χ1n) is 6.17. The summed E-state index contributed by atoms with van der Waals surface area (Å²) in [6.45, 7) is 7.64. The third-order valence-corrected chi connectivity index (χ3v) is 3.67. The lowest BCUT2D eigenvalue weighted by Gasteiger charge is -2.15. The molecule has 17 heavy (non-hydrogen) atoms. The maximum atomic E-state index is 6.16. The van der Waals surface area contributed by atoms with Gasteiger partial charge in [-0.2, -0.15) is 0 Å². The Hall–Kier alpha value is -0.240. The predicted molar refractivity (Wildman–Crippen MR) is 77.1 cm³/mol. The Morgan fingerprint density at radius 3 is 2.53 bits per heavy atom. The van der Waals surface area contributed by atoms with Crippen molar-refractivity contribution in [1.29, 1.82) is 0 Å². The summed E-state index contributed by atoms with van der Waals surface area (Å²) in [5, 5.41) is 4.81. The van der Waals surface area contributed by atoms with Crippen LogP contribution in [0.15, 0.2) is 18.2 Å². The fourth-order valence-electron chi connectivity index (χ4n) is 1.68. The average Bonchev–Trinajstić information content (AvgIpc) is 2.28. The zero-order valence-corrected chi connectivity index (χ0v) is 12.3. The molecule has 0 radical (unpaired) electrons. The third-order valence-electron chi connectivity index (χ3n) is 2.81. The first-order valence-corrected chi connectivity index (χ1v) is 6.92. The molecule has 0 fully saturated rings. The molecule has 1 aromatic rings. The van der Waals surface area contributed by atoms with Crippen LogP contribution in [0.4, 0.5) is 0 Å². The molecule has 96 valence electrons. The molecule has 1 aromatic carbocycles. The lowest BCUT2D eigenvalue weighted by atomic mass is 10.0. The topological polar surface area (TPSA) is 12.0 Å². The molecule has 1 atom stereocenters. The number of hydrogen-bond acceptors (Lipinski definition) is 1. The number of halogens is 2. The Morgan fingerprint density at radius 2 is 1.88 bits per heavy atom. The van der Waals surface area contributed by atoms with Gasteiger partial charge in [0.05, 0.1) is 10.0 Å². The zero-order chi connectivity index (χ0) is 12.8. The van der Waals surface area contributed by atoms with Crippen molar-refractivity contribution in [3.63, 3.8) is 0 Å². The van der Waals surface area contributed by atoms with E-state index in [4.69, 9.17) is 23.2 Å². The van der Waals surface area contributed by atoms with Crippen molar-refractivity contribution in [3.8, 4) is 0 Å². The van der Waals surface area contributed by atoms with E-state index in [0.29, 0.717) is 22.0 Å². The van der Waals surface area contributed by atoms with E-state index in [9.17, 15) is 0 Å². The predicted octanol–water partition coefficient (Wildman–Crippen LogP) is 4.56. The van der Waals surface area contributed by atoms with Crippen LogP contribution in [0.2, 0.25) is 10.0 Å². The van der Waals surface area contributed by atoms with Crippen LogP contribution in [0.1, 0.15) is 32.8 Å². The van der Waals surface area contributed by atoms with Crippen molar-refractivity contribution in [1.82, 2.24) is 5.32 Å². The quantitative estimate of drug-likeness (QED) is 0.801. The highest BCUT2D eigenvalue weighted by Gasteiger charge is 2.07. The molecule has 1 nitrogen and oxygen atoms in total. The molecule has 1 rings (SSSR count). The summed E-state index contributed by atoms with van der Waals surface area (Å²) in [7, 11) is 0. The van der Waals surface area contributed by atoms with Crippen LogP contribution >= 0.6 is 23.2 Å². The van der Waals surface area contributed by atoms with Crippen LogP contribution in [0.25, 0.3) is 0 Å². The Bertz CT molecular complexity index is 350. The molecule has 0 aliphatic carbocycles. The lowest BCUT2D eigenvalue weighted by Crippen LogP contribution is -2.28. The molecule has 0 amide bonds. The van der Waals surface area contributed by atoms with Crippen molar-refractivity contribution in [2.75, 3.05) is 6.54 Å². The highest BCUT2D eigenvalue weighted by Crippen LogP contribution is 2.27. The van der Waals surface area contributed by atoms with E-state index in [2.05, 4.69) is 32.2 Å². The van der Waals surface area contributed by atoms with Gasteiger partial charge in [-0.1, -0.05) is 56.1 Å². The minimum atomic E-state index is 0.548. The van der Waals surface area contributed by atoms with E-state index in [0.717, 1.165) is 24.9 Å². The van der Waals surface area contributed by atoms with Gasteiger partial charge < -0.3 is 5.32 Å². The molecule has 0 aromatic heterocycles. The summed E-state index contributed by atoms with van der Waals surface area (Å²) in [6.07, 6.45) is 2.11. The van der Waals surface area contributed by atoms with Crippen LogP contribution < -0.4 is 5.32 Å². The Balaban J connectivity index is 2.42. The zero-order valence-electron chi connectivity index (χ0n) is 10.8. The molecule has 0 aliphatic heterocycles. The van der Waals surface area contributed by atoms with Gasteiger partial charge in [0.15, 0.2) is 0 Å². The van der Waals surface area contributed by atoms with Crippen LogP contribution in [-0.4, -0.2) is 12.6 Å². The minimum Gasteiger partial charge on any atom is -0.314 e. The fraction of sp³-hybridized carbons (Fsp3) is 0.571. The van der Waals surface area contributed by atoms with Gasteiger partial charge in [-0.15, -0.1) is 0 Å². The van der Waals surface area contributed by atoms with E-state index in [1.54, 1.807) is 0 Å². The molecular weight excluding hydrogens is 253 g/mol. The van der Waals surface area contributed by atoms with Gasteiger partial charge >= 0.3 is 0 Å². The molecule has 0 saturated carbocycles. The van der Waals surface area contributed by atoms with Gasteiger partial charge in [-0.05, 0) is 36.9 Å². The normalized spacial score (nSPS) is 13.1. The van der Waals surface area contributed by atoms with Crippen LogP contribution in [-0.2, 0) is 6.42 Å². The smallest absolute Gasteiger partial charge is 0.0624 e. The minimum absolute atomic E-state index is 0.548. The molecule has 1 N–H and O–H groups in total. The standard InChI is InChI=1S/C14H21Cl2N/c1-10(2)17-9-11(3)7-8-12-5-4-6-13(15)14(12)16/h4-6,10-11,17H,7-9H2,1-3H3. The Morgan fingerprint density at radius 1 is 1.18 bits per heavy atom. The monoisotopic (exact) mass is 273 g/mol. The van der Waals surface area contributed by atoms with Crippen molar-refractivity contribution >= 4 is 23.2 Å². The van der Waals surface area contributed by atoms with Gasteiger partial charge in [0.1, 0.15) is 0 Å². The first kappa shape index (κ1) is 14.8. The van der Waals surface area contributed by atoms with Crippen LogP contribution in [0, 0.1) is 5.92 Å². The average molecular weight is 274 g/mol. The van der Waals surface area contributed by atoms with Crippen LogP contribution in [0.3, 0.4) is 0 Å². The highest BCUT2D eigenvalue weighted by molar-refractivity contribution is 6.42. The molecule has 0 spiro atoms. The van der Waals surface area contributed by atoms with Crippen molar-refractivity contribution < 1.29 is 0 Å². The summed E-state index contributed by atoms with van der Waals surface area (Å²) in [4.78, 5) is 0. The second-order valence-electron chi connectivity index (χ2n) is 4.92. The van der Waals surface area contributed by atoms with Gasteiger partial charge in [0, 0.05) is 6.04 Å². The Labute approximate surface area is 115 Å². The molecule has 0 saturated heterocycles. The maximum absolute atomic E-state index is 6.16. The summed E-state index contributed by atoms with van der Waals surface area (Å²) in [5.74, 6) is 0.646. The largest absolute Gasteiger partial charge is 0.314 e. The van der Waals surface area contributed by atoms with Crippen molar-refractivity contribution in [2.24, 2.45) is 5.92 Å². The SMILES string of the molecule is CC(CCc1cccc(Cl)c1Cl)CNC(C)C. The molecule has 0 heterocycles. The van der Waals surface area contributed by atoms with E-state index in [1.165, 1.54) is 0 Å². The molecule has 0 bridgehead atoms. The molecule has 3 heteroatoms.